The third-order valence-electron chi connectivity index (χ3n) is 4.22. The minimum Gasteiger partial charge on any atom is -0.458 e. The fourth-order valence-corrected chi connectivity index (χ4v) is 2.95. The van der Waals surface area contributed by atoms with E-state index >= 15 is 0 Å². The molecule has 1 atom stereocenters. The Labute approximate surface area is 166 Å². The number of ether oxygens (including phenoxy) is 1. The summed E-state index contributed by atoms with van der Waals surface area (Å²) in [6.45, 7) is -0.238. The lowest BCUT2D eigenvalue weighted by atomic mass is 10.1. The van der Waals surface area contributed by atoms with Crippen molar-refractivity contribution >= 4 is 23.6 Å². The number of hydrogen-bond donors (Lipinski definition) is 1. The summed E-state index contributed by atoms with van der Waals surface area (Å²) in [4.78, 5) is 48.6. The molecule has 1 aromatic heterocycles. The number of benzene rings is 1. The molecule has 0 bridgehead atoms. The molecule has 2 aromatic rings. The zero-order valence-corrected chi connectivity index (χ0v) is 16.8. The van der Waals surface area contributed by atoms with Crippen LogP contribution in [-0.4, -0.2) is 39.1 Å². The van der Waals surface area contributed by atoms with Gasteiger partial charge in [0.15, 0.2) is 0 Å². The van der Waals surface area contributed by atoms with Gasteiger partial charge in [-0.2, -0.15) is 11.8 Å². The largest absolute Gasteiger partial charge is 0.458 e. The van der Waals surface area contributed by atoms with E-state index in [2.05, 4.69) is 5.32 Å². The quantitative estimate of drug-likeness (QED) is 0.649. The number of hydrogen-bond acceptors (Lipinski definition) is 6. The first kappa shape index (κ1) is 21.5. The van der Waals surface area contributed by atoms with Gasteiger partial charge in [0.25, 0.3) is 11.5 Å². The Hall–Kier alpha value is -2.81. The van der Waals surface area contributed by atoms with Crippen molar-refractivity contribution in [3.8, 4) is 0 Å². The highest BCUT2D eigenvalue weighted by atomic mass is 32.2. The van der Waals surface area contributed by atoms with Crippen molar-refractivity contribution in [2.45, 2.75) is 19.1 Å². The van der Waals surface area contributed by atoms with Crippen molar-refractivity contribution in [2.75, 3.05) is 12.0 Å². The Kier molecular flexibility index (Phi) is 7.62. The van der Waals surface area contributed by atoms with Crippen LogP contribution in [0.15, 0.2) is 46.0 Å². The summed E-state index contributed by atoms with van der Waals surface area (Å²) < 4.78 is 7.49. The highest BCUT2D eigenvalue weighted by Crippen LogP contribution is 2.07. The van der Waals surface area contributed by atoms with Crippen LogP contribution in [0, 0.1) is 0 Å². The van der Waals surface area contributed by atoms with E-state index in [1.807, 2.05) is 6.26 Å². The summed E-state index contributed by atoms with van der Waals surface area (Å²) in [5.74, 6) is -0.338. The van der Waals surface area contributed by atoms with E-state index < -0.39 is 23.3 Å². The summed E-state index contributed by atoms with van der Waals surface area (Å²) in [7, 11) is 2.87. The lowest BCUT2D eigenvalue weighted by Gasteiger charge is -2.18. The molecule has 0 saturated heterocycles. The Morgan fingerprint density at radius 1 is 1.14 bits per heavy atom. The predicted octanol–water partition coefficient (Wildman–Crippen LogP) is 0.679. The Balaban J connectivity index is 2.10. The zero-order valence-electron chi connectivity index (χ0n) is 16.0. The summed E-state index contributed by atoms with van der Waals surface area (Å²) in [6.07, 6.45) is 2.30. The van der Waals surface area contributed by atoms with Crippen LogP contribution in [0.25, 0.3) is 0 Å². The van der Waals surface area contributed by atoms with Crippen molar-refractivity contribution in [3.63, 3.8) is 0 Å². The van der Waals surface area contributed by atoms with Gasteiger partial charge in [-0.05, 0) is 30.6 Å². The van der Waals surface area contributed by atoms with E-state index in [1.54, 1.807) is 42.1 Å². The number of thioether (sulfide) groups is 1. The van der Waals surface area contributed by atoms with E-state index in [0.717, 1.165) is 4.57 Å². The van der Waals surface area contributed by atoms with Crippen LogP contribution in [0.3, 0.4) is 0 Å². The van der Waals surface area contributed by atoms with Crippen LogP contribution in [0.5, 0.6) is 0 Å². The molecule has 2 rings (SSSR count). The fraction of sp³-hybridized carbons (Fsp3) is 0.368. The maximum atomic E-state index is 12.5. The average Bonchev–Trinajstić information content (AvgIpc) is 2.71. The minimum absolute atomic E-state index is 0.238. The van der Waals surface area contributed by atoms with Crippen LogP contribution < -0.4 is 16.6 Å². The van der Waals surface area contributed by atoms with Crippen molar-refractivity contribution in [1.82, 2.24) is 14.5 Å². The summed E-state index contributed by atoms with van der Waals surface area (Å²) in [5, 5.41) is 2.69. The molecule has 0 fully saturated rings. The molecule has 8 nitrogen and oxygen atoms in total. The Bertz CT molecular complexity index is 952. The molecular weight excluding hydrogens is 382 g/mol. The molecule has 0 radical (unpaired) electrons. The van der Waals surface area contributed by atoms with Gasteiger partial charge in [-0.1, -0.05) is 18.2 Å². The van der Waals surface area contributed by atoms with Gasteiger partial charge >= 0.3 is 11.7 Å². The number of carbonyl (C=O) groups is 2. The molecule has 1 unspecified atom stereocenters. The van der Waals surface area contributed by atoms with Crippen LogP contribution in [-0.2, 0) is 30.2 Å². The minimum atomic E-state index is -0.830. The first-order chi connectivity index (χ1) is 13.3. The van der Waals surface area contributed by atoms with E-state index in [-0.39, 0.29) is 18.2 Å². The van der Waals surface area contributed by atoms with E-state index in [1.165, 1.54) is 24.7 Å². The van der Waals surface area contributed by atoms with Crippen molar-refractivity contribution in [1.29, 1.82) is 0 Å². The zero-order chi connectivity index (χ0) is 20.7. The number of esters is 1. The second-order valence-electron chi connectivity index (χ2n) is 6.16. The van der Waals surface area contributed by atoms with Crippen molar-refractivity contribution in [2.24, 2.45) is 14.1 Å². The predicted molar refractivity (Wildman–Crippen MR) is 107 cm³/mol. The fourth-order valence-electron chi connectivity index (χ4n) is 2.48. The third-order valence-corrected chi connectivity index (χ3v) is 4.87. The van der Waals surface area contributed by atoms with E-state index in [0.29, 0.717) is 17.7 Å². The monoisotopic (exact) mass is 405 g/mol. The van der Waals surface area contributed by atoms with Crippen LogP contribution >= 0.6 is 11.8 Å². The number of amides is 1. The molecule has 9 heteroatoms. The topological polar surface area (TPSA) is 99.4 Å². The lowest BCUT2D eigenvalue weighted by molar-refractivity contribution is -0.147. The normalized spacial score (nSPS) is 11.7. The number of nitrogens with zero attached hydrogens (tertiary/aromatic N) is 2. The summed E-state index contributed by atoms with van der Waals surface area (Å²) in [5.41, 5.74) is -0.266. The van der Waals surface area contributed by atoms with Gasteiger partial charge in [-0.15, -0.1) is 0 Å². The van der Waals surface area contributed by atoms with Crippen LogP contribution in [0.4, 0.5) is 0 Å². The highest BCUT2D eigenvalue weighted by Gasteiger charge is 2.23. The summed E-state index contributed by atoms with van der Waals surface area (Å²) >= 11 is 1.54. The van der Waals surface area contributed by atoms with Crippen LogP contribution in [0.2, 0.25) is 0 Å². The molecule has 0 aliphatic rings. The van der Waals surface area contributed by atoms with Gasteiger partial charge in [0.1, 0.15) is 12.6 Å². The molecule has 1 aromatic carbocycles. The SMILES string of the molecule is CSCCC(NC(=O)c1ccccc1)C(=O)OCc1cc(=O)n(C)c(=O)n1C. The van der Waals surface area contributed by atoms with Gasteiger partial charge in [0.05, 0.1) is 5.69 Å². The molecule has 1 N–H and O–H groups in total. The van der Waals surface area contributed by atoms with Gasteiger partial charge < -0.3 is 10.1 Å². The Morgan fingerprint density at radius 2 is 1.82 bits per heavy atom. The molecule has 1 heterocycles. The molecule has 150 valence electrons. The number of rotatable bonds is 8. The highest BCUT2D eigenvalue weighted by molar-refractivity contribution is 7.98. The second kappa shape index (κ2) is 9.93. The maximum Gasteiger partial charge on any atom is 0.330 e. The second-order valence-corrected chi connectivity index (χ2v) is 7.14. The molecule has 28 heavy (non-hydrogen) atoms. The molecule has 0 spiro atoms. The molecular formula is C19H23N3O5S. The number of aromatic nitrogens is 2. The first-order valence-corrected chi connectivity index (χ1v) is 10.0. The average molecular weight is 405 g/mol. The molecule has 0 saturated carbocycles. The number of carbonyl (C=O) groups excluding carboxylic acids is 2. The first-order valence-electron chi connectivity index (χ1n) is 8.62. The van der Waals surface area contributed by atoms with Crippen molar-refractivity contribution in [3.05, 3.63) is 68.5 Å². The lowest BCUT2D eigenvalue weighted by Crippen LogP contribution is -2.42. The van der Waals surface area contributed by atoms with Crippen molar-refractivity contribution < 1.29 is 14.3 Å². The number of nitrogens with one attached hydrogen (secondary N) is 1. The van der Waals surface area contributed by atoms with E-state index in [9.17, 15) is 19.2 Å². The molecule has 0 aliphatic carbocycles. The Morgan fingerprint density at radius 3 is 2.46 bits per heavy atom. The molecule has 1 amide bonds. The van der Waals surface area contributed by atoms with Gasteiger partial charge in [-0.3, -0.25) is 18.7 Å². The van der Waals surface area contributed by atoms with Gasteiger partial charge in [0, 0.05) is 25.7 Å². The maximum absolute atomic E-state index is 12.5. The third kappa shape index (κ3) is 5.35. The van der Waals surface area contributed by atoms with E-state index in [4.69, 9.17) is 4.74 Å². The summed E-state index contributed by atoms with van der Waals surface area (Å²) in [6, 6.07) is 8.99. The van der Waals surface area contributed by atoms with Crippen LogP contribution in [0.1, 0.15) is 22.5 Å². The standard InChI is InChI=1S/C19H23N3O5S/c1-21-14(11-16(23)22(2)19(21)26)12-27-18(25)15(9-10-28-3)20-17(24)13-7-5-4-6-8-13/h4-8,11,15H,9-10,12H2,1-3H3,(H,20,24). The van der Waals surface area contributed by atoms with Gasteiger partial charge in [-0.25, -0.2) is 9.59 Å². The molecule has 0 aliphatic heterocycles. The van der Waals surface area contributed by atoms with Gasteiger partial charge in [0.2, 0.25) is 0 Å². The smallest absolute Gasteiger partial charge is 0.330 e.